The van der Waals surface area contributed by atoms with Crippen molar-refractivity contribution in [1.82, 2.24) is 10.2 Å². The number of thioether (sulfide) groups is 1. The number of nitrogens with zero attached hydrogens (tertiary/aromatic N) is 1. The van der Waals surface area contributed by atoms with Gasteiger partial charge in [-0.05, 0) is 53.0 Å². The first-order valence-corrected chi connectivity index (χ1v) is 11.4. The quantitative estimate of drug-likeness (QED) is 0.717. The van der Waals surface area contributed by atoms with Gasteiger partial charge in [0.05, 0.1) is 5.25 Å². The fourth-order valence-electron chi connectivity index (χ4n) is 2.72. The average Bonchev–Trinajstić information content (AvgIpc) is 3.02. The maximum Gasteiger partial charge on any atom is 0.408 e. The second kappa shape index (κ2) is 9.38. The van der Waals surface area contributed by atoms with Crippen molar-refractivity contribution in [2.24, 2.45) is 0 Å². The van der Waals surface area contributed by atoms with Gasteiger partial charge in [-0.15, -0.1) is 23.1 Å². The Morgan fingerprint density at radius 1 is 1.17 bits per heavy atom. The zero-order valence-electron chi connectivity index (χ0n) is 17.8. The highest BCUT2D eigenvalue weighted by Crippen LogP contribution is 2.35. The lowest BCUT2D eigenvalue weighted by Crippen LogP contribution is -2.51. The Morgan fingerprint density at radius 3 is 2.38 bits per heavy atom. The third-order valence-corrected chi connectivity index (χ3v) is 6.22. The number of thiophene rings is 1. The van der Waals surface area contributed by atoms with E-state index in [0.717, 1.165) is 4.88 Å². The first-order valence-electron chi connectivity index (χ1n) is 9.49. The summed E-state index contributed by atoms with van der Waals surface area (Å²) in [7, 11) is 0. The normalized spacial score (nSPS) is 20.8. The Bertz CT molecular complexity index is 722. The minimum atomic E-state index is -0.776. The zero-order valence-corrected chi connectivity index (χ0v) is 19.4. The Balaban J connectivity index is 2.16. The molecule has 2 heterocycles. The molecule has 0 bridgehead atoms. The summed E-state index contributed by atoms with van der Waals surface area (Å²) in [6, 6.07) is 3.20. The lowest BCUT2D eigenvalue weighted by Gasteiger charge is -2.27. The molecule has 0 saturated carbocycles. The summed E-state index contributed by atoms with van der Waals surface area (Å²) < 4.78 is 10.7. The molecule has 2 rings (SSSR count). The van der Waals surface area contributed by atoms with Crippen molar-refractivity contribution in [3.63, 3.8) is 0 Å². The van der Waals surface area contributed by atoms with Gasteiger partial charge in [-0.25, -0.2) is 4.79 Å². The molecule has 0 spiro atoms. The van der Waals surface area contributed by atoms with Gasteiger partial charge in [0.15, 0.2) is 0 Å². The maximum absolute atomic E-state index is 13.1. The van der Waals surface area contributed by atoms with Crippen LogP contribution in [0.3, 0.4) is 0 Å². The summed E-state index contributed by atoms with van der Waals surface area (Å²) in [5, 5.41) is 4.66. The number of rotatable bonds is 4. The highest BCUT2D eigenvalue weighted by Gasteiger charge is 2.36. The first kappa shape index (κ1) is 23.5. The monoisotopic (exact) mass is 442 g/mol. The first-order chi connectivity index (χ1) is 13.3. The van der Waals surface area contributed by atoms with E-state index in [1.807, 2.05) is 17.5 Å². The molecule has 0 aliphatic carbocycles. The van der Waals surface area contributed by atoms with Crippen LogP contribution in [0, 0.1) is 0 Å². The molecule has 1 aliphatic rings. The van der Waals surface area contributed by atoms with Crippen molar-refractivity contribution in [3.8, 4) is 0 Å². The summed E-state index contributed by atoms with van der Waals surface area (Å²) in [5.74, 6) is -0.391. The second-order valence-electron chi connectivity index (χ2n) is 8.84. The molecule has 0 aromatic carbocycles. The van der Waals surface area contributed by atoms with Crippen molar-refractivity contribution in [2.75, 3.05) is 18.8 Å². The van der Waals surface area contributed by atoms with Gasteiger partial charge < -0.3 is 19.7 Å². The van der Waals surface area contributed by atoms with E-state index in [1.54, 1.807) is 64.6 Å². The molecule has 1 aliphatic heterocycles. The van der Waals surface area contributed by atoms with Gasteiger partial charge in [-0.1, -0.05) is 6.07 Å². The summed E-state index contributed by atoms with van der Waals surface area (Å²) in [6.07, 6.45) is -0.650. The molecular formula is C20H30N2O5S2. The third-order valence-electron chi connectivity index (χ3n) is 3.75. The molecule has 1 aromatic rings. The predicted molar refractivity (Wildman–Crippen MR) is 115 cm³/mol. The largest absolute Gasteiger partial charge is 0.459 e. The summed E-state index contributed by atoms with van der Waals surface area (Å²) in [4.78, 5) is 40.3. The molecule has 2 amide bonds. The van der Waals surface area contributed by atoms with Crippen LogP contribution in [0.25, 0.3) is 0 Å². The van der Waals surface area contributed by atoms with Gasteiger partial charge in [-0.3, -0.25) is 9.59 Å². The number of hydrogen-bond donors (Lipinski definition) is 1. The standard InChI is InChI=1S/C20H30N2O5S2/c1-19(2,3)26-16(23)11-22-10-15(14-8-7-9-28-14)29-12-13(17(22)24)21-18(25)27-20(4,5)6/h7-9,13,15H,10-12H2,1-6H3,(H,21,25)/t13-,15-/m0/s1. The van der Waals surface area contributed by atoms with Crippen LogP contribution >= 0.6 is 23.1 Å². The van der Waals surface area contributed by atoms with Crippen LogP contribution in [-0.2, 0) is 19.1 Å². The molecule has 1 N–H and O–H groups in total. The number of esters is 1. The van der Waals surface area contributed by atoms with E-state index in [2.05, 4.69) is 5.32 Å². The summed E-state index contributed by atoms with van der Waals surface area (Å²) in [6.45, 7) is 10.8. The average molecular weight is 443 g/mol. The van der Waals surface area contributed by atoms with Crippen LogP contribution in [0.1, 0.15) is 51.7 Å². The van der Waals surface area contributed by atoms with E-state index in [9.17, 15) is 14.4 Å². The molecule has 9 heteroatoms. The van der Waals surface area contributed by atoms with Crippen molar-refractivity contribution in [3.05, 3.63) is 22.4 Å². The lowest BCUT2D eigenvalue weighted by molar-refractivity contribution is -0.159. The van der Waals surface area contributed by atoms with Gasteiger partial charge in [0.25, 0.3) is 0 Å². The molecule has 7 nitrogen and oxygen atoms in total. The molecule has 0 unspecified atom stereocenters. The smallest absolute Gasteiger partial charge is 0.408 e. The van der Waals surface area contributed by atoms with Crippen LogP contribution in [0.15, 0.2) is 17.5 Å². The molecule has 1 aromatic heterocycles. The van der Waals surface area contributed by atoms with Crippen LogP contribution in [0.4, 0.5) is 4.79 Å². The van der Waals surface area contributed by atoms with Crippen molar-refractivity contribution in [1.29, 1.82) is 0 Å². The highest BCUT2D eigenvalue weighted by molar-refractivity contribution is 7.99. The number of ether oxygens (including phenoxy) is 2. The van der Waals surface area contributed by atoms with E-state index in [-0.39, 0.29) is 17.7 Å². The zero-order chi connectivity index (χ0) is 21.8. The number of alkyl carbamates (subject to hydrolysis) is 1. The topological polar surface area (TPSA) is 84.9 Å². The van der Waals surface area contributed by atoms with Gasteiger partial charge in [-0.2, -0.15) is 0 Å². The molecule has 0 radical (unpaired) electrons. The SMILES string of the molecule is CC(C)(C)OC(=O)CN1C[C@@H](c2cccs2)SC[C@H](NC(=O)OC(C)(C)C)C1=O. The fraction of sp³-hybridized carbons (Fsp3) is 0.650. The summed E-state index contributed by atoms with van der Waals surface area (Å²) in [5.41, 5.74) is -1.30. The van der Waals surface area contributed by atoms with Crippen LogP contribution < -0.4 is 5.32 Å². The molecule has 29 heavy (non-hydrogen) atoms. The Hall–Kier alpha value is -1.74. The number of hydrogen-bond acceptors (Lipinski definition) is 7. The van der Waals surface area contributed by atoms with Crippen LogP contribution in [0.5, 0.6) is 0 Å². The van der Waals surface area contributed by atoms with Crippen molar-refractivity contribution in [2.45, 2.75) is 64.0 Å². The highest BCUT2D eigenvalue weighted by atomic mass is 32.2. The lowest BCUT2D eigenvalue weighted by atomic mass is 10.2. The Morgan fingerprint density at radius 2 is 1.83 bits per heavy atom. The third kappa shape index (κ3) is 7.89. The van der Waals surface area contributed by atoms with Gasteiger partial charge in [0.1, 0.15) is 23.8 Å². The van der Waals surface area contributed by atoms with Gasteiger partial charge in [0.2, 0.25) is 5.91 Å². The van der Waals surface area contributed by atoms with Crippen molar-refractivity contribution < 1.29 is 23.9 Å². The minimum absolute atomic E-state index is 0.0202. The second-order valence-corrected chi connectivity index (χ2v) is 11.1. The van der Waals surface area contributed by atoms with E-state index in [1.165, 1.54) is 4.90 Å². The number of nitrogens with one attached hydrogen (secondary N) is 1. The predicted octanol–water partition coefficient (Wildman–Crippen LogP) is 3.60. The Labute approximate surface area is 180 Å². The number of amides is 2. The molecular weight excluding hydrogens is 412 g/mol. The van der Waals surface area contributed by atoms with E-state index < -0.39 is 29.3 Å². The van der Waals surface area contributed by atoms with Crippen LogP contribution in [-0.4, -0.2) is 59.0 Å². The Kier molecular flexibility index (Phi) is 7.62. The maximum atomic E-state index is 13.1. The van der Waals surface area contributed by atoms with Crippen molar-refractivity contribution >= 4 is 41.1 Å². The van der Waals surface area contributed by atoms with E-state index >= 15 is 0 Å². The minimum Gasteiger partial charge on any atom is -0.459 e. The van der Waals surface area contributed by atoms with Gasteiger partial charge in [0, 0.05) is 17.2 Å². The van der Waals surface area contributed by atoms with E-state index in [0.29, 0.717) is 12.3 Å². The molecule has 162 valence electrons. The molecule has 1 fully saturated rings. The van der Waals surface area contributed by atoms with Gasteiger partial charge >= 0.3 is 12.1 Å². The number of carbonyl (C=O) groups is 3. The molecule has 1 saturated heterocycles. The fourth-order valence-corrected chi connectivity index (χ4v) is 4.97. The molecule has 2 atom stereocenters. The number of carbonyl (C=O) groups excluding carboxylic acids is 3. The van der Waals surface area contributed by atoms with Crippen LogP contribution in [0.2, 0.25) is 0 Å². The summed E-state index contributed by atoms with van der Waals surface area (Å²) >= 11 is 3.19. The van der Waals surface area contributed by atoms with E-state index in [4.69, 9.17) is 9.47 Å².